The molecule has 0 spiro atoms. The van der Waals surface area contributed by atoms with Crippen LogP contribution in [0.25, 0.3) is 16.8 Å². The molecule has 1 saturated heterocycles. The number of aromatic amines is 1. The fourth-order valence-corrected chi connectivity index (χ4v) is 4.57. The third-order valence-electron chi connectivity index (χ3n) is 6.43. The van der Waals surface area contributed by atoms with Crippen molar-refractivity contribution >= 4 is 17.7 Å². The van der Waals surface area contributed by atoms with Crippen molar-refractivity contribution in [3.05, 3.63) is 107 Å². The third kappa shape index (κ3) is 5.48. The Morgan fingerprint density at radius 2 is 1.76 bits per heavy atom. The first-order chi connectivity index (χ1) is 18.0. The minimum Gasteiger partial charge on any atom is -0.445 e. The van der Waals surface area contributed by atoms with Gasteiger partial charge in [0, 0.05) is 24.0 Å². The summed E-state index contributed by atoms with van der Waals surface area (Å²) < 4.78 is 6.95. The molecule has 0 bridgehead atoms. The van der Waals surface area contributed by atoms with Gasteiger partial charge < -0.3 is 10.1 Å². The summed E-state index contributed by atoms with van der Waals surface area (Å²) >= 11 is 0. The number of benzene rings is 3. The summed E-state index contributed by atoms with van der Waals surface area (Å²) in [5.41, 5.74) is 4.84. The Morgan fingerprint density at radius 1 is 0.973 bits per heavy atom. The number of likely N-dealkylation sites (tertiary alicyclic amines) is 1. The highest BCUT2D eigenvalue weighted by Crippen LogP contribution is 2.25. The summed E-state index contributed by atoms with van der Waals surface area (Å²) in [6.07, 6.45) is 0.853. The standard InChI is InChI=1S/C29H28N4O4/c1-20-17-27(34)33(31-20)25-14-12-22(13-15-25)23-9-5-10-24(18-23)30-28(35)26-11-6-16-32(26)29(36)37-19-21-7-3-2-4-8-21/h2-5,7-10,12-15,17-18,26,31H,6,11,16,19H2,1H3,(H,30,35)/t26-/m0/s1. The Morgan fingerprint density at radius 3 is 2.49 bits per heavy atom. The van der Waals surface area contributed by atoms with Crippen molar-refractivity contribution in [2.75, 3.05) is 11.9 Å². The maximum atomic E-state index is 13.1. The molecule has 2 amide bonds. The molecule has 8 nitrogen and oxygen atoms in total. The molecule has 2 N–H and O–H groups in total. The van der Waals surface area contributed by atoms with E-state index in [-0.39, 0.29) is 18.1 Å². The molecule has 0 saturated carbocycles. The normalized spacial score (nSPS) is 14.9. The van der Waals surface area contributed by atoms with E-state index in [9.17, 15) is 14.4 Å². The zero-order valence-electron chi connectivity index (χ0n) is 20.5. The lowest BCUT2D eigenvalue weighted by Crippen LogP contribution is -2.43. The Hall–Kier alpha value is -4.59. The zero-order chi connectivity index (χ0) is 25.8. The minimum absolute atomic E-state index is 0.111. The Labute approximate surface area is 214 Å². The molecule has 37 heavy (non-hydrogen) atoms. The van der Waals surface area contributed by atoms with Crippen LogP contribution >= 0.6 is 0 Å². The molecule has 4 aromatic rings. The van der Waals surface area contributed by atoms with E-state index in [2.05, 4.69) is 10.4 Å². The Balaban J connectivity index is 1.24. The monoisotopic (exact) mass is 496 g/mol. The van der Waals surface area contributed by atoms with Gasteiger partial charge in [0.05, 0.1) is 5.69 Å². The van der Waals surface area contributed by atoms with Crippen molar-refractivity contribution in [1.82, 2.24) is 14.7 Å². The van der Waals surface area contributed by atoms with E-state index in [0.717, 1.165) is 34.5 Å². The van der Waals surface area contributed by atoms with Crippen LogP contribution < -0.4 is 10.9 Å². The van der Waals surface area contributed by atoms with Crippen molar-refractivity contribution in [3.8, 4) is 16.8 Å². The van der Waals surface area contributed by atoms with Crippen molar-refractivity contribution < 1.29 is 14.3 Å². The summed E-state index contributed by atoms with van der Waals surface area (Å²) in [5, 5.41) is 5.99. The predicted molar refractivity (Wildman–Crippen MR) is 142 cm³/mol. The second-order valence-electron chi connectivity index (χ2n) is 9.12. The Kier molecular flexibility index (Phi) is 6.89. The first-order valence-corrected chi connectivity index (χ1v) is 12.3. The largest absolute Gasteiger partial charge is 0.445 e. The molecule has 188 valence electrons. The van der Waals surface area contributed by atoms with Gasteiger partial charge in [0.2, 0.25) is 5.91 Å². The van der Waals surface area contributed by atoms with E-state index in [1.807, 2.05) is 85.8 Å². The van der Waals surface area contributed by atoms with Gasteiger partial charge in [-0.25, -0.2) is 9.48 Å². The van der Waals surface area contributed by atoms with Crippen molar-refractivity contribution in [2.24, 2.45) is 0 Å². The first-order valence-electron chi connectivity index (χ1n) is 12.3. The smallest absolute Gasteiger partial charge is 0.410 e. The van der Waals surface area contributed by atoms with Crippen LogP contribution in [0.2, 0.25) is 0 Å². The number of carbonyl (C=O) groups excluding carboxylic acids is 2. The molecule has 1 aliphatic rings. The van der Waals surface area contributed by atoms with Gasteiger partial charge in [0.1, 0.15) is 12.6 Å². The fourth-order valence-electron chi connectivity index (χ4n) is 4.57. The van der Waals surface area contributed by atoms with Crippen LogP contribution in [0.5, 0.6) is 0 Å². The van der Waals surface area contributed by atoms with Crippen LogP contribution in [0.1, 0.15) is 24.1 Å². The molecular formula is C29H28N4O4. The van der Waals surface area contributed by atoms with Crippen LogP contribution in [-0.2, 0) is 16.1 Å². The topological polar surface area (TPSA) is 96.4 Å². The molecule has 8 heteroatoms. The molecule has 0 radical (unpaired) electrons. The summed E-state index contributed by atoms with van der Waals surface area (Å²) in [6, 6.07) is 25.6. The van der Waals surface area contributed by atoms with E-state index in [0.29, 0.717) is 18.7 Å². The highest BCUT2D eigenvalue weighted by molar-refractivity contribution is 5.97. The van der Waals surface area contributed by atoms with E-state index in [1.54, 1.807) is 6.07 Å². The number of aromatic nitrogens is 2. The van der Waals surface area contributed by atoms with Gasteiger partial charge in [-0.05, 0) is 60.7 Å². The van der Waals surface area contributed by atoms with Gasteiger partial charge in [-0.15, -0.1) is 0 Å². The van der Waals surface area contributed by atoms with Gasteiger partial charge in [0.25, 0.3) is 5.56 Å². The van der Waals surface area contributed by atoms with E-state index in [4.69, 9.17) is 4.74 Å². The number of hydrogen-bond acceptors (Lipinski definition) is 4. The van der Waals surface area contributed by atoms with Gasteiger partial charge in [-0.2, -0.15) is 0 Å². The molecule has 1 atom stereocenters. The fraction of sp³-hybridized carbons (Fsp3) is 0.207. The molecule has 1 fully saturated rings. The average Bonchev–Trinajstić information content (AvgIpc) is 3.54. The molecule has 1 aliphatic heterocycles. The zero-order valence-corrected chi connectivity index (χ0v) is 20.5. The lowest BCUT2D eigenvalue weighted by Gasteiger charge is -2.23. The first kappa shape index (κ1) is 24.1. The van der Waals surface area contributed by atoms with Crippen LogP contribution in [-0.4, -0.2) is 39.3 Å². The summed E-state index contributed by atoms with van der Waals surface area (Å²) in [4.78, 5) is 39.4. The summed E-state index contributed by atoms with van der Waals surface area (Å²) in [7, 11) is 0. The van der Waals surface area contributed by atoms with Crippen molar-refractivity contribution in [2.45, 2.75) is 32.4 Å². The molecular weight excluding hydrogens is 468 g/mol. The molecule has 0 unspecified atom stereocenters. The SMILES string of the molecule is Cc1cc(=O)n(-c2ccc(-c3cccc(NC(=O)[C@@H]4CCCN4C(=O)OCc4ccccc4)c3)cc2)[nH]1. The third-order valence-corrected chi connectivity index (χ3v) is 6.43. The quantitative estimate of drug-likeness (QED) is 0.398. The van der Waals surface area contributed by atoms with Crippen LogP contribution in [0, 0.1) is 6.92 Å². The number of carbonyl (C=O) groups is 2. The second-order valence-corrected chi connectivity index (χ2v) is 9.12. The average molecular weight is 497 g/mol. The maximum Gasteiger partial charge on any atom is 0.410 e. The maximum absolute atomic E-state index is 13.1. The summed E-state index contributed by atoms with van der Waals surface area (Å²) in [5.74, 6) is -0.233. The highest BCUT2D eigenvalue weighted by atomic mass is 16.6. The molecule has 0 aliphatic carbocycles. The van der Waals surface area contributed by atoms with Crippen LogP contribution in [0.4, 0.5) is 10.5 Å². The lowest BCUT2D eigenvalue weighted by atomic mass is 10.0. The van der Waals surface area contributed by atoms with E-state index in [1.165, 1.54) is 9.58 Å². The van der Waals surface area contributed by atoms with E-state index >= 15 is 0 Å². The van der Waals surface area contributed by atoms with Gasteiger partial charge >= 0.3 is 6.09 Å². The number of ether oxygens (including phenoxy) is 1. The number of nitrogens with zero attached hydrogens (tertiary/aromatic N) is 2. The number of amides is 2. The lowest BCUT2D eigenvalue weighted by molar-refractivity contribution is -0.120. The minimum atomic E-state index is -0.575. The molecule has 3 aromatic carbocycles. The second kappa shape index (κ2) is 10.6. The predicted octanol–water partition coefficient (Wildman–Crippen LogP) is 4.88. The number of anilines is 1. The van der Waals surface area contributed by atoms with Gasteiger partial charge in [-0.3, -0.25) is 19.6 Å². The number of rotatable bonds is 6. The highest BCUT2D eigenvalue weighted by Gasteiger charge is 2.35. The molecule has 2 heterocycles. The number of H-pyrrole nitrogens is 1. The van der Waals surface area contributed by atoms with Crippen LogP contribution in [0.3, 0.4) is 0 Å². The number of hydrogen-bond donors (Lipinski definition) is 2. The van der Waals surface area contributed by atoms with Crippen molar-refractivity contribution in [3.63, 3.8) is 0 Å². The van der Waals surface area contributed by atoms with Gasteiger partial charge in [-0.1, -0.05) is 54.6 Å². The van der Waals surface area contributed by atoms with Gasteiger partial charge in [0.15, 0.2) is 0 Å². The summed E-state index contributed by atoms with van der Waals surface area (Å²) in [6.45, 7) is 2.50. The molecule has 5 rings (SSSR count). The molecule has 1 aromatic heterocycles. The van der Waals surface area contributed by atoms with Crippen LogP contribution in [0.15, 0.2) is 89.7 Å². The number of aryl methyl sites for hydroxylation is 1. The number of nitrogens with one attached hydrogen (secondary N) is 2. The van der Waals surface area contributed by atoms with Crippen molar-refractivity contribution in [1.29, 1.82) is 0 Å². The Bertz CT molecular complexity index is 1460. The van der Waals surface area contributed by atoms with E-state index < -0.39 is 12.1 Å².